The number of hydrogen-bond acceptors (Lipinski definition) is 1. The molecule has 2 heteroatoms. The van der Waals surface area contributed by atoms with Crippen LogP contribution in [0.25, 0.3) is 0 Å². The molecule has 0 aliphatic heterocycles. The van der Waals surface area contributed by atoms with Gasteiger partial charge in [-0.2, -0.15) is 0 Å². The van der Waals surface area contributed by atoms with E-state index in [2.05, 4.69) is 43.4 Å². The number of hydrogen-bond donors (Lipinski definition) is 1. The van der Waals surface area contributed by atoms with Crippen LogP contribution in [0.3, 0.4) is 0 Å². The molecular formula is C16H21NO. The van der Waals surface area contributed by atoms with E-state index in [9.17, 15) is 4.79 Å². The summed E-state index contributed by atoms with van der Waals surface area (Å²) in [5.41, 5.74) is 2.88. The highest BCUT2D eigenvalue weighted by Crippen LogP contribution is 2.59. The molecule has 0 bridgehead atoms. The minimum absolute atomic E-state index is 0.239. The maximum Gasteiger partial charge on any atom is 0.224 e. The molecule has 1 N–H and O–H groups in total. The first-order valence-electron chi connectivity index (χ1n) is 7.10. The first kappa shape index (κ1) is 11.8. The standard InChI is InChI=1S/C16H21NO/c1-3-10(2)17-16(18)15-13-9-8-11-6-4-5-7-12(11)14(13)15/h4-7,10,13-15H,3,8-9H2,1-2H3,(H,17,18). The molecule has 18 heavy (non-hydrogen) atoms. The summed E-state index contributed by atoms with van der Waals surface area (Å²) < 4.78 is 0. The number of aryl methyl sites for hydroxylation is 1. The largest absolute Gasteiger partial charge is 0.353 e. The molecule has 1 aromatic carbocycles. The smallest absolute Gasteiger partial charge is 0.224 e. The van der Waals surface area contributed by atoms with Gasteiger partial charge in [-0.05, 0) is 49.1 Å². The molecule has 2 nitrogen and oxygen atoms in total. The van der Waals surface area contributed by atoms with Crippen LogP contribution >= 0.6 is 0 Å². The summed E-state index contributed by atoms with van der Waals surface area (Å²) in [4.78, 5) is 12.2. The Hall–Kier alpha value is -1.31. The Kier molecular flexibility index (Phi) is 2.89. The molecule has 2 aliphatic carbocycles. The van der Waals surface area contributed by atoms with E-state index < -0.39 is 0 Å². The third kappa shape index (κ3) is 1.84. The molecule has 96 valence electrons. The highest BCUT2D eigenvalue weighted by Gasteiger charge is 2.56. The molecular weight excluding hydrogens is 222 g/mol. The summed E-state index contributed by atoms with van der Waals surface area (Å²) in [5.74, 6) is 1.61. The Morgan fingerprint density at radius 1 is 1.44 bits per heavy atom. The average Bonchev–Trinajstić information content (AvgIpc) is 3.13. The van der Waals surface area contributed by atoms with Crippen molar-refractivity contribution < 1.29 is 4.79 Å². The van der Waals surface area contributed by atoms with Crippen molar-refractivity contribution in [1.29, 1.82) is 0 Å². The van der Waals surface area contributed by atoms with E-state index in [4.69, 9.17) is 0 Å². The molecule has 1 fully saturated rings. The molecule has 0 radical (unpaired) electrons. The van der Waals surface area contributed by atoms with E-state index in [0.717, 1.165) is 12.8 Å². The Labute approximate surface area is 109 Å². The molecule has 0 spiro atoms. The molecule has 1 amide bonds. The van der Waals surface area contributed by atoms with Gasteiger partial charge in [0.2, 0.25) is 5.91 Å². The second-order valence-corrected chi connectivity index (χ2v) is 5.77. The third-order valence-electron chi connectivity index (χ3n) is 4.63. The lowest BCUT2D eigenvalue weighted by atomic mass is 9.92. The Morgan fingerprint density at radius 3 is 3.00 bits per heavy atom. The van der Waals surface area contributed by atoms with Crippen LogP contribution in [0.1, 0.15) is 43.7 Å². The molecule has 4 unspecified atom stereocenters. The molecule has 0 aromatic heterocycles. The van der Waals surface area contributed by atoms with Crippen molar-refractivity contribution in [2.24, 2.45) is 11.8 Å². The zero-order valence-electron chi connectivity index (χ0n) is 11.1. The highest BCUT2D eigenvalue weighted by atomic mass is 16.2. The van der Waals surface area contributed by atoms with Crippen LogP contribution in [0.5, 0.6) is 0 Å². The highest BCUT2D eigenvalue weighted by molar-refractivity contribution is 5.84. The van der Waals surface area contributed by atoms with E-state index in [1.807, 2.05) is 0 Å². The van der Waals surface area contributed by atoms with Crippen molar-refractivity contribution in [3.63, 3.8) is 0 Å². The lowest BCUT2D eigenvalue weighted by Gasteiger charge is -2.13. The Bertz CT molecular complexity index is 468. The monoisotopic (exact) mass is 243 g/mol. The van der Waals surface area contributed by atoms with Crippen molar-refractivity contribution in [1.82, 2.24) is 5.32 Å². The number of benzene rings is 1. The SMILES string of the molecule is CCC(C)NC(=O)C1C2CCc3ccccc3C21. The maximum atomic E-state index is 12.2. The van der Waals surface area contributed by atoms with Crippen molar-refractivity contribution in [2.45, 2.75) is 45.1 Å². The first-order valence-corrected chi connectivity index (χ1v) is 7.10. The number of nitrogens with one attached hydrogen (secondary N) is 1. The number of fused-ring (bicyclic) bond motifs is 3. The second-order valence-electron chi connectivity index (χ2n) is 5.77. The van der Waals surface area contributed by atoms with E-state index in [-0.39, 0.29) is 11.8 Å². The summed E-state index contributed by atoms with van der Waals surface area (Å²) >= 11 is 0. The normalized spacial score (nSPS) is 30.0. The molecule has 1 aromatic rings. The van der Waals surface area contributed by atoms with Crippen LogP contribution < -0.4 is 5.32 Å². The number of amides is 1. The van der Waals surface area contributed by atoms with Crippen molar-refractivity contribution in [3.8, 4) is 0 Å². The lowest BCUT2D eigenvalue weighted by molar-refractivity contribution is -0.123. The van der Waals surface area contributed by atoms with Crippen LogP contribution in [-0.4, -0.2) is 11.9 Å². The Balaban J connectivity index is 1.75. The fourth-order valence-corrected chi connectivity index (χ4v) is 3.36. The summed E-state index contributed by atoms with van der Waals surface area (Å²) in [6.07, 6.45) is 3.33. The second kappa shape index (κ2) is 4.42. The van der Waals surface area contributed by atoms with Gasteiger partial charge in [0.25, 0.3) is 0 Å². The van der Waals surface area contributed by atoms with Crippen molar-refractivity contribution >= 4 is 5.91 Å². The zero-order valence-corrected chi connectivity index (χ0v) is 11.1. The van der Waals surface area contributed by atoms with E-state index in [0.29, 0.717) is 17.9 Å². The summed E-state index contributed by atoms with van der Waals surface area (Å²) in [7, 11) is 0. The van der Waals surface area contributed by atoms with Crippen LogP contribution in [-0.2, 0) is 11.2 Å². The summed E-state index contributed by atoms with van der Waals surface area (Å²) in [6.45, 7) is 4.19. The number of carbonyl (C=O) groups excluding carboxylic acids is 1. The van der Waals surface area contributed by atoms with Gasteiger partial charge in [-0.3, -0.25) is 4.79 Å². The van der Waals surface area contributed by atoms with Gasteiger partial charge in [-0.15, -0.1) is 0 Å². The fraction of sp³-hybridized carbons (Fsp3) is 0.562. The minimum atomic E-state index is 0.239. The van der Waals surface area contributed by atoms with Gasteiger partial charge in [0.1, 0.15) is 0 Å². The molecule has 3 rings (SSSR count). The van der Waals surface area contributed by atoms with Crippen molar-refractivity contribution in [2.75, 3.05) is 0 Å². The molecule has 2 aliphatic rings. The number of carbonyl (C=O) groups is 1. The average molecular weight is 243 g/mol. The van der Waals surface area contributed by atoms with Gasteiger partial charge < -0.3 is 5.32 Å². The molecule has 0 saturated heterocycles. The van der Waals surface area contributed by atoms with Gasteiger partial charge in [-0.25, -0.2) is 0 Å². The zero-order chi connectivity index (χ0) is 12.7. The predicted octanol–water partition coefficient (Wildman–Crippen LogP) is 2.88. The topological polar surface area (TPSA) is 29.1 Å². The summed E-state index contributed by atoms with van der Waals surface area (Å²) in [6, 6.07) is 8.94. The van der Waals surface area contributed by atoms with Gasteiger partial charge in [-0.1, -0.05) is 31.2 Å². The van der Waals surface area contributed by atoms with Gasteiger partial charge in [0, 0.05) is 12.0 Å². The van der Waals surface area contributed by atoms with Crippen LogP contribution in [0.4, 0.5) is 0 Å². The summed E-state index contributed by atoms with van der Waals surface area (Å²) in [5, 5.41) is 3.14. The van der Waals surface area contributed by atoms with Gasteiger partial charge >= 0.3 is 0 Å². The fourth-order valence-electron chi connectivity index (χ4n) is 3.36. The van der Waals surface area contributed by atoms with Gasteiger partial charge in [0.15, 0.2) is 0 Å². The minimum Gasteiger partial charge on any atom is -0.353 e. The predicted molar refractivity (Wildman–Crippen MR) is 72.4 cm³/mol. The van der Waals surface area contributed by atoms with E-state index in [1.165, 1.54) is 17.5 Å². The van der Waals surface area contributed by atoms with Crippen molar-refractivity contribution in [3.05, 3.63) is 35.4 Å². The van der Waals surface area contributed by atoms with Gasteiger partial charge in [0.05, 0.1) is 0 Å². The Morgan fingerprint density at radius 2 is 2.22 bits per heavy atom. The van der Waals surface area contributed by atoms with E-state index >= 15 is 0 Å². The number of rotatable bonds is 3. The molecule has 1 saturated carbocycles. The maximum absolute atomic E-state index is 12.2. The quantitative estimate of drug-likeness (QED) is 0.869. The van der Waals surface area contributed by atoms with E-state index in [1.54, 1.807) is 0 Å². The van der Waals surface area contributed by atoms with Crippen LogP contribution in [0.2, 0.25) is 0 Å². The molecule has 0 heterocycles. The van der Waals surface area contributed by atoms with Crippen LogP contribution in [0.15, 0.2) is 24.3 Å². The first-order chi connectivity index (χ1) is 8.72. The van der Waals surface area contributed by atoms with Crippen LogP contribution in [0, 0.1) is 11.8 Å². The molecule has 4 atom stereocenters. The third-order valence-corrected chi connectivity index (χ3v) is 4.63. The lowest BCUT2D eigenvalue weighted by Crippen LogP contribution is -2.33.